The third-order valence-electron chi connectivity index (χ3n) is 3.79. The van der Waals surface area contributed by atoms with Crippen LogP contribution in [0.2, 0.25) is 0 Å². The van der Waals surface area contributed by atoms with Gasteiger partial charge in [0.15, 0.2) is 0 Å². The van der Waals surface area contributed by atoms with Crippen molar-refractivity contribution in [2.75, 3.05) is 18.4 Å². The van der Waals surface area contributed by atoms with Crippen LogP contribution in [0.1, 0.15) is 11.3 Å². The Morgan fingerprint density at radius 3 is 2.79 bits per heavy atom. The van der Waals surface area contributed by atoms with Gasteiger partial charge in [0.05, 0.1) is 11.8 Å². The molecule has 0 aliphatic carbocycles. The summed E-state index contributed by atoms with van der Waals surface area (Å²) in [6, 6.07) is 3.63. The van der Waals surface area contributed by atoms with Gasteiger partial charge in [0.25, 0.3) is 5.56 Å². The van der Waals surface area contributed by atoms with E-state index in [0.717, 1.165) is 5.76 Å². The molecule has 24 heavy (non-hydrogen) atoms. The Bertz CT molecular complexity index is 777. The van der Waals surface area contributed by atoms with E-state index in [0.29, 0.717) is 31.8 Å². The van der Waals surface area contributed by atoms with E-state index in [2.05, 4.69) is 5.32 Å². The standard InChI is InChI=1S/C15H14F3N3O3/c16-15(17,18)10-5-12(13(22)19-6-10)20-14(23)21-7-9(8-21)4-11-2-1-3-24-11/h1-3,5-6,9H,4,7-8H2,(H,19,22)(H,20,23). The first-order chi connectivity index (χ1) is 11.3. The summed E-state index contributed by atoms with van der Waals surface area (Å²) in [5.74, 6) is 1.04. The number of pyridine rings is 1. The summed E-state index contributed by atoms with van der Waals surface area (Å²) in [5.41, 5.74) is -2.25. The van der Waals surface area contributed by atoms with Gasteiger partial charge in [0, 0.05) is 31.6 Å². The van der Waals surface area contributed by atoms with Crippen LogP contribution in [0.4, 0.5) is 23.7 Å². The molecule has 0 aromatic carbocycles. The van der Waals surface area contributed by atoms with E-state index in [4.69, 9.17) is 4.42 Å². The number of urea groups is 1. The van der Waals surface area contributed by atoms with Gasteiger partial charge >= 0.3 is 12.2 Å². The lowest BCUT2D eigenvalue weighted by molar-refractivity contribution is -0.137. The van der Waals surface area contributed by atoms with Gasteiger partial charge in [0.1, 0.15) is 11.4 Å². The number of hydrogen-bond donors (Lipinski definition) is 2. The zero-order chi connectivity index (χ0) is 17.3. The fourth-order valence-electron chi connectivity index (χ4n) is 2.51. The second-order valence-corrected chi connectivity index (χ2v) is 5.61. The molecule has 3 rings (SSSR count). The highest BCUT2D eigenvalue weighted by molar-refractivity contribution is 5.89. The fraction of sp³-hybridized carbons (Fsp3) is 0.333. The Labute approximate surface area is 134 Å². The molecular formula is C15H14F3N3O3. The van der Waals surface area contributed by atoms with Gasteiger partial charge in [0.2, 0.25) is 0 Å². The molecular weight excluding hydrogens is 327 g/mol. The lowest BCUT2D eigenvalue weighted by atomic mass is 9.95. The minimum atomic E-state index is -4.60. The number of hydrogen-bond acceptors (Lipinski definition) is 3. The minimum Gasteiger partial charge on any atom is -0.469 e. The van der Waals surface area contributed by atoms with E-state index < -0.39 is 29.0 Å². The van der Waals surface area contributed by atoms with Gasteiger partial charge in [-0.1, -0.05) is 0 Å². The van der Waals surface area contributed by atoms with Crippen LogP contribution in [0, 0.1) is 5.92 Å². The Kier molecular flexibility index (Phi) is 4.08. The number of carbonyl (C=O) groups is 1. The first-order valence-corrected chi connectivity index (χ1v) is 7.21. The van der Waals surface area contributed by atoms with Crippen LogP contribution >= 0.6 is 0 Å². The van der Waals surface area contributed by atoms with E-state index in [-0.39, 0.29) is 5.92 Å². The van der Waals surface area contributed by atoms with Gasteiger partial charge in [-0.05, 0) is 18.2 Å². The summed E-state index contributed by atoms with van der Waals surface area (Å²) in [6.45, 7) is 0.896. The number of aromatic amines is 1. The monoisotopic (exact) mass is 341 g/mol. The van der Waals surface area contributed by atoms with Crippen molar-refractivity contribution < 1.29 is 22.4 Å². The molecule has 2 N–H and O–H groups in total. The van der Waals surface area contributed by atoms with Crippen molar-refractivity contribution in [1.29, 1.82) is 0 Å². The number of furan rings is 1. The summed E-state index contributed by atoms with van der Waals surface area (Å²) in [6.07, 6.45) is -1.78. The van der Waals surface area contributed by atoms with Crippen LogP contribution < -0.4 is 10.9 Å². The Morgan fingerprint density at radius 1 is 1.42 bits per heavy atom. The zero-order valence-corrected chi connectivity index (χ0v) is 12.4. The third kappa shape index (κ3) is 3.44. The fourth-order valence-corrected chi connectivity index (χ4v) is 2.51. The van der Waals surface area contributed by atoms with Crippen molar-refractivity contribution in [1.82, 2.24) is 9.88 Å². The number of rotatable bonds is 3. The highest BCUT2D eigenvalue weighted by Gasteiger charge is 2.33. The molecule has 1 saturated heterocycles. The molecule has 2 amide bonds. The van der Waals surface area contributed by atoms with Crippen molar-refractivity contribution in [3.8, 4) is 0 Å². The molecule has 128 valence electrons. The molecule has 2 aromatic rings. The van der Waals surface area contributed by atoms with E-state index in [1.54, 1.807) is 12.3 Å². The van der Waals surface area contributed by atoms with Gasteiger partial charge in [-0.2, -0.15) is 13.2 Å². The number of halogens is 3. The van der Waals surface area contributed by atoms with Gasteiger partial charge < -0.3 is 19.6 Å². The van der Waals surface area contributed by atoms with Crippen molar-refractivity contribution in [2.24, 2.45) is 5.92 Å². The summed E-state index contributed by atoms with van der Waals surface area (Å²) >= 11 is 0. The molecule has 1 aliphatic heterocycles. The third-order valence-corrected chi connectivity index (χ3v) is 3.79. The Hall–Kier alpha value is -2.71. The van der Waals surface area contributed by atoms with Crippen LogP contribution in [0.25, 0.3) is 0 Å². The average Bonchev–Trinajstić information content (AvgIpc) is 2.96. The predicted octanol–water partition coefficient (Wildman–Crippen LogP) is 2.69. The number of likely N-dealkylation sites (tertiary alicyclic amines) is 1. The van der Waals surface area contributed by atoms with Crippen LogP contribution in [0.15, 0.2) is 39.9 Å². The minimum absolute atomic E-state index is 0.224. The molecule has 0 bridgehead atoms. The number of alkyl halides is 3. The van der Waals surface area contributed by atoms with E-state index in [1.165, 1.54) is 4.90 Å². The number of H-pyrrole nitrogens is 1. The first kappa shape index (κ1) is 16.2. The number of nitrogens with zero attached hydrogens (tertiary/aromatic N) is 1. The molecule has 3 heterocycles. The maximum atomic E-state index is 12.7. The average molecular weight is 341 g/mol. The highest BCUT2D eigenvalue weighted by atomic mass is 19.4. The molecule has 0 radical (unpaired) electrons. The number of aromatic nitrogens is 1. The lowest BCUT2D eigenvalue weighted by Gasteiger charge is -2.38. The first-order valence-electron chi connectivity index (χ1n) is 7.21. The van der Waals surface area contributed by atoms with Crippen LogP contribution in [0.3, 0.4) is 0 Å². The molecule has 0 saturated carbocycles. The Balaban J connectivity index is 1.59. The van der Waals surface area contributed by atoms with Gasteiger partial charge in [-0.25, -0.2) is 4.79 Å². The summed E-state index contributed by atoms with van der Waals surface area (Å²) in [5, 5.41) is 2.22. The number of carbonyl (C=O) groups excluding carboxylic acids is 1. The van der Waals surface area contributed by atoms with Crippen molar-refractivity contribution in [3.05, 3.63) is 52.3 Å². The van der Waals surface area contributed by atoms with Crippen molar-refractivity contribution in [2.45, 2.75) is 12.6 Å². The van der Waals surface area contributed by atoms with Crippen LogP contribution in [-0.2, 0) is 12.6 Å². The maximum absolute atomic E-state index is 12.7. The summed E-state index contributed by atoms with van der Waals surface area (Å²) in [4.78, 5) is 27.0. The molecule has 6 nitrogen and oxygen atoms in total. The van der Waals surface area contributed by atoms with Gasteiger partial charge in [-0.15, -0.1) is 0 Å². The van der Waals surface area contributed by atoms with Crippen LogP contribution in [-0.4, -0.2) is 29.0 Å². The topological polar surface area (TPSA) is 78.3 Å². The quantitative estimate of drug-likeness (QED) is 0.901. The molecule has 1 aliphatic rings. The SMILES string of the molecule is O=C(Nc1cc(C(F)(F)F)c[nH]c1=O)N1CC(Cc2ccco2)C1. The van der Waals surface area contributed by atoms with Crippen molar-refractivity contribution >= 4 is 11.7 Å². The highest BCUT2D eigenvalue weighted by Crippen LogP contribution is 2.29. The number of nitrogens with one attached hydrogen (secondary N) is 2. The smallest absolute Gasteiger partial charge is 0.417 e. The van der Waals surface area contributed by atoms with Crippen molar-refractivity contribution in [3.63, 3.8) is 0 Å². The molecule has 0 atom stereocenters. The normalized spacial score (nSPS) is 15.2. The van der Waals surface area contributed by atoms with E-state index in [1.807, 2.05) is 11.1 Å². The second-order valence-electron chi connectivity index (χ2n) is 5.61. The molecule has 0 unspecified atom stereocenters. The maximum Gasteiger partial charge on any atom is 0.417 e. The lowest BCUT2D eigenvalue weighted by Crippen LogP contribution is -2.52. The molecule has 1 fully saturated rings. The van der Waals surface area contributed by atoms with E-state index in [9.17, 15) is 22.8 Å². The van der Waals surface area contributed by atoms with Crippen LogP contribution in [0.5, 0.6) is 0 Å². The molecule has 0 spiro atoms. The largest absolute Gasteiger partial charge is 0.469 e. The zero-order valence-electron chi connectivity index (χ0n) is 12.4. The predicted molar refractivity (Wildman–Crippen MR) is 78.6 cm³/mol. The summed E-state index contributed by atoms with van der Waals surface area (Å²) in [7, 11) is 0. The second kappa shape index (κ2) is 6.06. The molecule has 9 heteroatoms. The summed E-state index contributed by atoms with van der Waals surface area (Å²) < 4.78 is 43.2. The number of amides is 2. The number of anilines is 1. The van der Waals surface area contributed by atoms with E-state index >= 15 is 0 Å². The Morgan fingerprint density at radius 2 is 2.17 bits per heavy atom. The molecule has 2 aromatic heterocycles. The van der Waals surface area contributed by atoms with Gasteiger partial charge in [-0.3, -0.25) is 4.79 Å².